The number of carbonyl (C=O) groups excluding carboxylic acids is 1. The number of halogens is 1. The maximum Gasteiger partial charge on any atom is 0.269 e. The Hall–Kier alpha value is -2.32. The predicted octanol–water partition coefficient (Wildman–Crippen LogP) is 4.10. The molecule has 0 aromatic heterocycles. The summed E-state index contributed by atoms with van der Waals surface area (Å²) < 4.78 is 0.962. The van der Waals surface area contributed by atoms with Gasteiger partial charge in [-0.3, -0.25) is 20.2 Å². The summed E-state index contributed by atoms with van der Waals surface area (Å²) in [4.78, 5) is 22.2. The number of nitro groups is 1. The molecule has 0 aliphatic rings. The number of carbonyl (C=O) groups is 1. The molecule has 2 N–H and O–H groups in total. The molecule has 8 heteroatoms. The van der Waals surface area contributed by atoms with Crippen LogP contribution in [0.25, 0.3) is 0 Å². The highest BCUT2D eigenvalue weighted by Crippen LogP contribution is 2.25. The van der Waals surface area contributed by atoms with Crippen LogP contribution in [0.5, 0.6) is 0 Å². The lowest BCUT2D eigenvalue weighted by molar-refractivity contribution is -0.384. The van der Waals surface area contributed by atoms with E-state index in [0.29, 0.717) is 0 Å². The van der Waals surface area contributed by atoms with Crippen LogP contribution in [0.2, 0.25) is 0 Å². The fourth-order valence-electron chi connectivity index (χ4n) is 2.16. The second kappa shape index (κ2) is 7.50. The summed E-state index contributed by atoms with van der Waals surface area (Å²) in [6.45, 7) is 3.86. The number of nitrogens with one attached hydrogen (secondary N) is 2. The van der Waals surface area contributed by atoms with Crippen molar-refractivity contribution in [1.29, 1.82) is 0 Å². The lowest BCUT2D eigenvalue weighted by Crippen LogP contribution is -2.34. The maximum absolute atomic E-state index is 12.1. The highest BCUT2D eigenvalue weighted by Gasteiger charge is 2.12. The summed E-state index contributed by atoms with van der Waals surface area (Å²) in [5.74, 6) is -0.435. The van der Waals surface area contributed by atoms with E-state index < -0.39 is 10.8 Å². The first-order valence-corrected chi connectivity index (χ1v) is 8.11. The fraction of sp³-hybridized carbons (Fsp3) is 0.125. The molecule has 1 amide bonds. The number of anilines is 1. The topological polar surface area (TPSA) is 84.3 Å². The van der Waals surface area contributed by atoms with E-state index in [9.17, 15) is 14.9 Å². The van der Waals surface area contributed by atoms with Crippen LogP contribution < -0.4 is 10.6 Å². The van der Waals surface area contributed by atoms with E-state index >= 15 is 0 Å². The van der Waals surface area contributed by atoms with Crippen LogP contribution in [-0.4, -0.2) is 15.9 Å². The van der Waals surface area contributed by atoms with E-state index in [1.54, 1.807) is 0 Å². The Morgan fingerprint density at radius 2 is 1.71 bits per heavy atom. The molecule has 0 bridgehead atoms. The van der Waals surface area contributed by atoms with E-state index in [0.717, 1.165) is 21.3 Å². The first-order chi connectivity index (χ1) is 11.3. The Kier molecular flexibility index (Phi) is 5.63. The van der Waals surface area contributed by atoms with Gasteiger partial charge >= 0.3 is 0 Å². The van der Waals surface area contributed by atoms with E-state index in [1.165, 1.54) is 24.3 Å². The summed E-state index contributed by atoms with van der Waals surface area (Å²) in [6.07, 6.45) is 0. The maximum atomic E-state index is 12.1. The Balaban J connectivity index is 2.07. The molecule has 0 unspecified atom stereocenters. The van der Waals surface area contributed by atoms with Gasteiger partial charge in [0.15, 0.2) is 5.11 Å². The van der Waals surface area contributed by atoms with Gasteiger partial charge in [0.2, 0.25) is 0 Å². The minimum absolute atomic E-state index is 0.0756. The molecule has 2 aromatic rings. The minimum atomic E-state index is -0.521. The van der Waals surface area contributed by atoms with Gasteiger partial charge in [0.25, 0.3) is 11.6 Å². The summed E-state index contributed by atoms with van der Waals surface area (Å²) in [6, 6.07) is 9.19. The molecular formula is C16H14BrN3O3S. The highest BCUT2D eigenvalue weighted by atomic mass is 79.9. The number of hydrogen-bond acceptors (Lipinski definition) is 4. The van der Waals surface area contributed by atoms with Crippen molar-refractivity contribution in [3.05, 3.63) is 67.7 Å². The first-order valence-electron chi connectivity index (χ1n) is 6.91. The molecule has 0 atom stereocenters. The quantitative estimate of drug-likeness (QED) is 0.454. The van der Waals surface area contributed by atoms with Crippen LogP contribution in [-0.2, 0) is 0 Å². The second-order valence-electron chi connectivity index (χ2n) is 5.13. The molecule has 2 aromatic carbocycles. The van der Waals surface area contributed by atoms with Gasteiger partial charge in [-0.1, -0.05) is 15.9 Å². The molecule has 0 saturated carbocycles. The third kappa shape index (κ3) is 4.36. The van der Waals surface area contributed by atoms with Crippen LogP contribution in [0.4, 0.5) is 11.4 Å². The second-order valence-corrected chi connectivity index (χ2v) is 6.45. The largest absolute Gasteiger partial charge is 0.332 e. The van der Waals surface area contributed by atoms with Crippen molar-refractivity contribution in [1.82, 2.24) is 5.32 Å². The molecule has 0 heterocycles. The molecule has 0 spiro atoms. The van der Waals surface area contributed by atoms with Gasteiger partial charge in [-0.15, -0.1) is 0 Å². The predicted molar refractivity (Wildman–Crippen MR) is 100 cm³/mol. The molecule has 0 saturated heterocycles. The molecule has 0 fully saturated rings. The van der Waals surface area contributed by atoms with Crippen molar-refractivity contribution in [2.75, 3.05) is 5.32 Å². The molecular weight excluding hydrogens is 394 g/mol. The normalized spacial score (nSPS) is 10.1. The molecule has 124 valence electrons. The van der Waals surface area contributed by atoms with E-state index in [2.05, 4.69) is 26.6 Å². The van der Waals surface area contributed by atoms with Crippen molar-refractivity contribution in [3.8, 4) is 0 Å². The van der Waals surface area contributed by atoms with Gasteiger partial charge < -0.3 is 5.32 Å². The molecule has 0 aliphatic carbocycles. The number of nitro benzene ring substituents is 1. The van der Waals surface area contributed by atoms with Crippen LogP contribution in [0.15, 0.2) is 40.9 Å². The van der Waals surface area contributed by atoms with Crippen LogP contribution in [0.3, 0.4) is 0 Å². The number of nitrogens with zero attached hydrogens (tertiary/aromatic N) is 1. The average Bonchev–Trinajstić information content (AvgIpc) is 2.50. The Morgan fingerprint density at radius 1 is 1.17 bits per heavy atom. The number of rotatable bonds is 3. The number of amides is 1. The summed E-state index contributed by atoms with van der Waals surface area (Å²) in [5, 5.41) is 16.3. The summed E-state index contributed by atoms with van der Waals surface area (Å²) in [5.41, 5.74) is 3.00. The smallest absolute Gasteiger partial charge is 0.269 e. The average molecular weight is 408 g/mol. The van der Waals surface area contributed by atoms with Crippen LogP contribution >= 0.6 is 28.1 Å². The van der Waals surface area contributed by atoms with Crippen molar-refractivity contribution >= 4 is 50.5 Å². The minimum Gasteiger partial charge on any atom is -0.332 e. The first kappa shape index (κ1) is 18.0. The molecule has 6 nitrogen and oxygen atoms in total. The lowest BCUT2D eigenvalue weighted by Gasteiger charge is -2.14. The van der Waals surface area contributed by atoms with E-state index in [-0.39, 0.29) is 16.4 Å². The number of non-ortho nitro benzene ring substituents is 1. The van der Waals surface area contributed by atoms with Crippen LogP contribution in [0, 0.1) is 24.0 Å². The zero-order chi connectivity index (χ0) is 17.9. The zero-order valence-electron chi connectivity index (χ0n) is 12.9. The number of aryl methyl sites for hydroxylation is 2. The van der Waals surface area contributed by atoms with Gasteiger partial charge in [0.1, 0.15) is 0 Å². The Bertz CT molecular complexity index is 799. The van der Waals surface area contributed by atoms with Gasteiger partial charge in [0.05, 0.1) is 4.92 Å². The van der Waals surface area contributed by atoms with Gasteiger partial charge in [-0.2, -0.15) is 0 Å². The number of benzene rings is 2. The van der Waals surface area contributed by atoms with Gasteiger partial charge in [-0.05, 0) is 61.5 Å². The third-order valence-corrected chi connectivity index (χ3v) is 3.97. The lowest BCUT2D eigenvalue weighted by atomic mass is 10.1. The highest BCUT2D eigenvalue weighted by molar-refractivity contribution is 9.10. The SMILES string of the molecule is Cc1cc(Br)cc(C)c1NC(=S)NC(=O)c1ccc([N+](=O)[O-])cc1. The van der Waals surface area contributed by atoms with E-state index in [1.807, 2.05) is 26.0 Å². The number of thiocarbonyl (C=S) groups is 1. The monoisotopic (exact) mass is 407 g/mol. The van der Waals surface area contributed by atoms with Gasteiger partial charge in [0, 0.05) is 27.9 Å². The third-order valence-electron chi connectivity index (χ3n) is 3.30. The summed E-state index contributed by atoms with van der Waals surface area (Å²) in [7, 11) is 0. The van der Waals surface area contributed by atoms with E-state index in [4.69, 9.17) is 12.2 Å². The zero-order valence-corrected chi connectivity index (χ0v) is 15.3. The van der Waals surface area contributed by atoms with Crippen molar-refractivity contribution < 1.29 is 9.72 Å². The molecule has 0 radical (unpaired) electrons. The Morgan fingerprint density at radius 3 is 2.21 bits per heavy atom. The Labute approximate surface area is 152 Å². The van der Waals surface area contributed by atoms with Crippen molar-refractivity contribution in [3.63, 3.8) is 0 Å². The van der Waals surface area contributed by atoms with Crippen molar-refractivity contribution in [2.24, 2.45) is 0 Å². The van der Waals surface area contributed by atoms with Crippen LogP contribution in [0.1, 0.15) is 21.5 Å². The molecule has 2 rings (SSSR count). The standard InChI is InChI=1S/C16H14BrN3O3S/c1-9-7-12(17)8-10(2)14(9)18-16(24)19-15(21)11-3-5-13(6-4-11)20(22)23/h3-8H,1-2H3,(H2,18,19,21,24). The van der Waals surface area contributed by atoms with Gasteiger partial charge in [-0.25, -0.2) is 0 Å². The fourth-order valence-corrected chi connectivity index (χ4v) is 3.04. The molecule has 24 heavy (non-hydrogen) atoms. The summed E-state index contributed by atoms with van der Waals surface area (Å²) >= 11 is 8.59. The molecule has 0 aliphatic heterocycles. The number of hydrogen-bond donors (Lipinski definition) is 2. The van der Waals surface area contributed by atoms with Crippen molar-refractivity contribution in [2.45, 2.75) is 13.8 Å².